The predicted octanol–water partition coefficient (Wildman–Crippen LogP) is 4.37. The first-order valence-corrected chi connectivity index (χ1v) is 7.46. The van der Waals surface area contributed by atoms with Gasteiger partial charge in [-0.15, -0.1) is 11.3 Å². The van der Waals surface area contributed by atoms with Crippen molar-refractivity contribution in [3.63, 3.8) is 0 Å². The van der Waals surface area contributed by atoms with E-state index in [9.17, 15) is 0 Å². The highest BCUT2D eigenvalue weighted by atomic mass is 79.9. The maximum Gasteiger partial charge on any atom is 0.118 e. The Morgan fingerprint density at radius 2 is 2.06 bits per heavy atom. The first-order chi connectivity index (χ1) is 8.69. The van der Waals surface area contributed by atoms with E-state index in [0.29, 0.717) is 6.04 Å². The van der Waals surface area contributed by atoms with E-state index in [1.165, 1.54) is 10.4 Å². The Hall–Kier alpha value is -0.840. The molecule has 1 N–H and O–H groups in total. The van der Waals surface area contributed by atoms with Gasteiger partial charge in [-0.1, -0.05) is 12.1 Å². The molecule has 0 unspecified atom stereocenters. The molecule has 96 valence electrons. The van der Waals surface area contributed by atoms with E-state index >= 15 is 0 Å². The second kappa shape index (κ2) is 6.36. The van der Waals surface area contributed by atoms with E-state index in [4.69, 9.17) is 4.74 Å². The second-order valence-corrected chi connectivity index (χ2v) is 6.02. The molecule has 0 spiro atoms. The van der Waals surface area contributed by atoms with Crippen molar-refractivity contribution in [2.75, 3.05) is 7.11 Å². The highest BCUT2D eigenvalue weighted by molar-refractivity contribution is 9.10. The predicted molar refractivity (Wildman–Crippen MR) is 80.3 cm³/mol. The number of hydrogen-bond acceptors (Lipinski definition) is 3. The first kappa shape index (κ1) is 13.6. The number of hydrogen-bond donors (Lipinski definition) is 1. The van der Waals surface area contributed by atoms with Gasteiger partial charge in [-0.3, -0.25) is 0 Å². The molecule has 1 aromatic heterocycles. The summed E-state index contributed by atoms with van der Waals surface area (Å²) in [6, 6.07) is 10.7. The van der Waals surface area contributed by atoms with Crippen molar-refractivity contribution >= 4 is 27.3 Å². The molecular formula is C14H16BrNOS. The van der Waals surface area contributed by atoms with Crippen LogP contribution in [0.2, 0.25) is 0 Å². The summed E-state index contributed by atoms with van der Waals surface area (Å²) in [4.78, 5) is 1.34. The summed E-state index contributed by atoms with van der Waals surface area (Å²) in [5.41, 5.74) is 1.27. The molecule has 0 amide bonds. The summed E-state index contributed by atoms with van der Waals surface area (Å²) in [6.07, 6.45) is 0. The molecule has 0 fully saturated rings. The van der Waals surface area contributed by atoms with Crippen LogP contribution in [0.3, 0.4) is 0 Å². The molecule has 1 atom stereocenters. The largest absolute Gasteiger partial charge is 0.497 e. The van der Waals surface area contributed by atoms with Crippen LogP contribution in [0.25, 0.3) is 0 Å². The molecule has 0 saturated carbocycles. The summed E-state index contributed by atoms with van der Waals surface area (Å²) < 4.78 is 6.31. The lowest BCUT2D eigenvalue weighted by atomic mass is 10.1. The average molecular weight is 326 g/mol. The molecule has 4 heteroatoms. The van der Waals surface area contributed by atoms with E-state index in [2.05, 4.69) is 51.7 Å². The summed E-state index contributed by atoms with van der Waals surface area (Å²) >= 11 is 5.23. The Kier molecular flexibility index (Phi) is 4.80. The fraction of sp³-hybridized carbons (Fsp3) is 0.286. The van der Waals surface area contributed by atoms with Gasteiger partial charge in [0.1, 0.15) is 5.75 Å². The molecule has 0 saturated heterocycles. The summed E-state index contributed by atoms with van der Waals surface area (Å²) in [7, 11) is 1.69. The molecule has 0 radical (unpaired) electrons. The van der Waals surface area contributed by atoms with Gasteiger partial charge < -0.3 is 10.1 Å². The summed E-state index contributed by atoms with van der Waals surface area (Å²) in [6.45, 7) is 3.06. The van der Waals surface area contributed by atoms with Gasteiger partial charge in [0.05, 0.1) is 7.11 Å². The van der Waals surface area contributed by atoms with Gasteiger partial charge in [-0.2, -0.15) is 0 Å². The molecule has 1 heterocycles. The number of halogens is 1. The molecule has 1 aromatic carbocycles. The van der Waals surface area contributed by atoms with Crippen molar-refractivity contribution in [2.24, 2.45) is 0 Å². The van der Waals surface area contributed by atoms with Crippen LogP contribution in [0.4, 0.5) is 0 Å². The highest BCUT2D eigenvalue weighted by Crippen LogP contribution is 2.21. The number of rotatable bonds is 5. The van der Waals surface area contributed by atoms with Crippen molar-refractivity contribution in [1.82, 2.24) is 5.32 Å². The van der Waals surface area contributed by atoms with Crippen LogP contribution in [0.5, 0.6) is 5.75 Å². The third kappa shape index (κ3) is 3.57. The van der Waals surface area contributed by atoms with Crippen molar-refractivity contribution < 1.29 is 4.74 Å². The molecule has 18 heavy (non-hydrogen) atoms. The third-order valence-electron chi connectivity index (χ3n) is 2.82. The summed E-state index contributed by atoms with van der Waals surface area (Å²) in [5.74, 6) is 0.896. The van der Waals surface area contributed by atoms with E-state index in [1.54, 1.807) is 18.4 Å². The number of ether oxygens (including phenoxy) is 1. The fourth-order valence-corrected chi connectivity index (χ4v) is 3.11. The van der Waals surface area contributed by atoms with Crippen LogP contribution in [-0.4, -0.2) is 7.11 Å². The lowest BCUT2D eigenvalue weighted by molar-refractivity contribution is 0.414. The van der Waals surface area contributed by atoms with Gasteiger partial charge in [0.2, 0.25) is 0 Å². The van der Waals surface area contributed by atoms with Crippen molar-refractivity contribution in [1.29, 1.82) is 0 Å². The maximum absolute atomic E-state index is 5.16. The Bertz CT molecular complexity index is 495. The van der Waals surface area contributed by atoms with Gasteiger partial charge in [0.25, 0.3) is 0 Å². The van der Waals surface area contributed by atoms with Crippen molar-refractivity contribution in [3.05, 3.63) is 50.6 Å². The SMILES string of the molecule is COc1ccc([C@@H](C)NCc2cc(Br)cs2)cc1. The normalized spacial score (nSPS) is 12.4. The first-order valence-electron chi connectivity index (χ1n) is 5.79. The Balaban J connectivity index is 1.92. The zero-order valence-electron chi connectivity index (χ0n) is 10.4. The minimum absolute atomic E-state index is 0.330. The molecule has 2 rings (SSSR count). The van der Waals surface area contributed by atoms with E-state index in [-0.39, 0.29) is 0 Å². The zero-order valence-corrected chi connectivity index (χ0v) is 12.8. The van der Waals surface area contributed by atoms with Crippen LogP contribution >= 0.6 is 27.3 Å². The molecule has 0 aliphatic carbocycles. The van der Waals surface area contributed by atoms with Crippen molar-refractivity contribution in [2.45, 2.75) is 19.5 Å². The van der Waals surface area contributed by atoms with E-state index < -0.39 is 0 Å². The fourth-order valence-electron chi connectivity index (χ4n) is 1.71. The van der Waals surface area contributed by atoms with Crippen molar-refractivity contribution in [3.8, 4) is 5.75 Å². The Morgan fingerprint density at radius 1 is 1.33 bits per heavy atom. The van der Waals surface area contributed by atoms with Gasteiger partial charge in [0.15, 0.2) is 0 Å². The highest BCUT2D eigenvalue weighted by Gasteiger charge is 2.05. The third-order valence-corrected chi connectivity index (χ3v) is 4.52. The van der Waals surface area contributed by atoms with Crippen LogP contribution in [0.15, 0.2) is 40.2 Å². The molecule has 0 aliphatic heterocycles. The van der Waals surface area contributed by atoms with E-state index in [1.807, 2.05) is 12.1 Å². The van der Waals surface area contributed by atoms with E-state index in [0.717, 1.165) is 16.8 Å². The molecule has 2 nitrogen and oxygen atoms in total. The number of methoxy groups -OCH3 is 1. The van der Waals surface area contributed by atoms with Crippen LogP contribution < -0.4 is 10.1 Å². The monoisotopic (exact) mass is 325 g/mol. The van der Waals surface area contributed by atoms with Crippen LogP contribution in [0.1, 0.15) is 23.4 Å². The Morgan fingerprint density at radius 3 is 2.61 bits per heavy atom. The molecule has 2 aromatic rings. The number of thiophene rings is 1. The van der Waals surface area contributed by atoms with Crippen LogP contribution in [0, 0.1) is 0 Å². The number of nitrogens with one attached hydrogen (secondary N) is 1. The summed E-state index contributed by atoms with van der Waals surface area (Å²) in [5, 5.41) is 5.62. The molecule has 0 bridgehead atoms. The molecular weight excluding hydrogens is 310 g/mol. The van der Waals surface area contributed by atoms with Gasteiger partial charge in [-0.25, -0.2) is 0 Å². The van der Waals surface area contributed by atoms with Gasteiger partial charge >= 0.3 is 0 Å². The lowest BCUT2D eigenvalue weighted by Crippen LogP contribution is -2.17. The minimum atomic E-state index is 0.330. The smallest absolute Gasteiger partial charge is 0.118 e. The number of benzene rings is 1. The topological polar surface area (TPSA) is 21.3 Å². The maximum atomic E-state index is 5.16. The standard InChI is InChI=1S/C14H16BrNOS/c1-10(11-3-5-13(17-2)6-4-11)16-8-14-7-12(15)9-18-14/h3-7,9-10,16H,8H2,1-2H3/t10-/m1/s1. The molecule has 0 aliphatic rings. The average Bonchev–Trinajstić information content (AvgIpc) is 2.82. The van der Waals surface area contributed by atoms with Gasteiger partial charge in [-0.05, 0) is 46.6 Å². The minimum Gasteiger partial charge on any atom is -0.497 e. The van der Waals surface area contributed by atoms with Gasteiger partial charge in [0, 0.05) is 27.3 Å². The quantitative estimate of drug-likeness (QED) is 0.881. The zero-order chi connectivity index (χ0) is 13.0. The lowest BCUT2D eigenvalue weighted by Gasteiger charge is -2.14. The van der Waals surface area contributed by atoms with Crippen LogP contribution in [-0.2, 0) is 6.54 Å². The second-order valence-electron chi connectivity index (χ2n) is 4.11. The Labute approximate surface area is 120 Å².